The van der Waals surface area contributed by atoms with Crippen molar-refractivity contribution in [3.05, 3.63) is 77.5 Å². The van der Waals surface area contributed by atoms with Gasteiger partial charge in [0.2, 0.25) is 5.91 Å². The first-order valence-corrected chi connectivity index (χ1v) is 8.25. The van der Waals surface area contributed by atoms with Crippen LogP contribution in [0.3, 0.4) is 0 Å². The number of anilines is 1. The van der Waals surface area contributed by atoms with Gasteiger partial charge in [0.05, 0.1) is 11.2 Å². The van der Waals surface area contributed by atoms with E-state index in [4.69, 9.17) is 0 Å². The molecular weight excluding hydrogens is 296 g/mol. The number of benzene rings is 2. The molecule has 1 amide bonds. The Labute approximate surface area is 141 Å². The Kier molecular flexibility index (Phi) is 3.83. The van der Waals surface area contributed by atoms with Crippen LogP contribution < -0.4 is 5.32 Å². The topological polar surface area (TPSA) is 42.0 Å². The number of hydrogen-bond acceptors (Lipinski definition) is 2. The molecule has 3 aromatic rings. The molecule has 0 saturated heterocycles. The van der Waals surface area contributed by atoms with Crippen molar-refractivity contribution in [1.29, 1.82) is 0 Å². The van der Waals surface area contributed by atoms with Crippen molar-refractivity contribution in [3.63, 3.8) is 0 Å². The highest BCUT2D eigenvalue weighted by molar-refractivity contribution is 6.02. The quantitative estimate of drug-likeness (QED) is 0.729. The fourth-order valence-corrected chi connectivity index (χ4v) is 3.17. The standard InChI is InChI=1S/C21H18N2O/c24-21(23-19-11-8-15-5-3-6-17(15)14-19)13-12-18-10-9-16-4-1-2-7-20(16)22-18/h1-2,4,7-14H,3,5-6H2,(H,23,24)/b13-12+. The number of nitrogens with zero attached hydrogens (tertiary/aromatic N) is 1. The number of pyridine rings is 1. The smallest absolute Gasteiger partial charge is 0.248 e. The average Bonchev–Trinajstić information content (AvgIpc) is 3.07. The maximum Gasteiger partial charge on any atom is 0.248 e. The molecule has 0 radical (unpaired) electrons. The minimum absolute atomic E-state index is 0.136. The number of hydrogen-bond donors (Lipinski definition) is 1. The molecule has 3 nitrogen and oxygen atoms in total. The van der Waals surface area contributed by atoms with Gasteiger partial charge in [-0.2, -0.15) is 0 Å². The zero-order chi connectivity index (χ0) is 16.4. The van der Waals surface area contributed by atoms with Gasteiger partial charge in [0.1, 0.15) is 0 Å². The molecule has 118 valence electrons. The van der Waals surface area contributed by atoms with Gasteiger partial charge in [-0.1, -0.05) is 30.3 Å². The lowest BCUT2D eigenvalue weighted by molar-refractivity contribution is -0.111. The Morgan fingerprint density at radius 3 is 2.83 bits per heavy atom. The van der Waals surface area contributed by atoms with E-state index in [0.29, 0.717) is 0 Å². The van der Waals surface area contributed by atoms with Crippen molar-refractivity contribution in [2.45, 2.75) is 19.3 Å². The molecule has 0 saturated carbocycles. The Hall–Kier alpha value is -2.94. The van der Waals surface area contributed by atoms with Crippen molar-refractivity contribution >= 4 is 28.6 Å². The minimum atomic E-state index is -0.136. The van der Waals surface area contributed by atoms with Gasteiger partial charge < -0.3 is 5.32 Å². The number of fused-ring (bicyclic) bond motifs is 2. The third kappa shape index (κ3) is 3.06. The van der Waals surface area contributed by atoms with Gasteiger partial charge >= 0.3 is 0 Å². The van der Waals surface area contributed by atoms with Gasteiger partial charge in [-0.05, 0) is 60.7 Å². The molecule has 0 bridgehead atoms. The fraction of sp³-hybridized carbons (Fsp3) is 0.143. The number of amides is 1. The van der Waals surface area contributed by atoms with Crippen LogP contribution in [0.15, 0.2) is 60.7 Å². The second kappa shape index (κ2) is 6.28. The highest BCUT2D eigenvalue weighted by Gasteiger charge is 2.11. The van der Waals surface area contributed by atoms with E-state index in [0.717, 1.165) is 35.1 Å². The van der Waals surface area contributed by atoms with E-state index < -0.39 is 0 Å². The summed E-state index contributed by atoms with van der Waals surface area (Å²) in [6, 6.07) is 18.1. The van der Waals surface area contributed by atoms with E-state index in [2.05, 4.69) is 22.4 Å². The summed E-state index contributed by atoms with van der Waals surface area (Å²) >= 11 is 0. The molecule has 1 aliphatic rings. The van der Waals surface area contributed by atoms with E-state index in [9.17, 15) is 4.79 Å². The van der Waals surface area contributed by atoms with Crippen LogP contribution in [-0.4, -0.2) is 10.9 Å². The Morgan fingerprint density at radius 2 is 1.88 bits per heavy atom. The van der Waals surface area contributed by atoms with E-state index in [1.807, 2.05) is 42.5 Å². The summed E-state index contributed by atoms with van der Waals surface area (Å²) in [5, 5.41) is 4.02. The molecular formula is C21H18N2O. The number of rotatable bonds is 3. The van der Waals surface area contributed by atoms with Crippen molar-refractivity contribution in [3.8, 4) is 0 Å². The maximum absolute atomic E-state index is 12.1. The average molecular weight is 314 g/mol. The molecule has 1 aliphatic carbocycles. The summed E-state index contributed by atoms with van der Waals surface area (Å²) in [5.74, 6) is -0.136. The lowest BCUT2D eigenvalue weighted by atomic mass is 10.1. The predicted molar refractivity (Wildman–Crippen MR) is 97.9 cm³/mol. The first kappa shape index (κ1) is 14.6. The van der Waals surface area contributed by atoms with Gasteiger partial charge in [0, 0.05) is 17.1 Å². The van der Waals surface area contributed by atoms with E-state index >= 15 is 0 Å². The minimum Gasteiger partial charge on any atom is -0.323 e. The van der Waals surface area contributed by atoms with Gasteiger partial charge in [-0.15, -0.1) is 0 Å². The number of nitrogens with one attached hydrogen (secondary N) is 1. The first-order chi connectivity index (χ1) is 11.8. The normalized spacial score (nSPS) is 13.3. The third-order valence-corrected chi connectivity index (χ3v) is 4.39. The van der Waals surface area contributed by atoms with Gasteiger partial charge in [0.15, 0.2) is 0 Å². The Bertz CT molecular complexity index is 943. The summed E-state index contributed by atoms with van der Waals surface area (Å²) in [5.41, 5.74) is 5.32. The predicted octanol–water partition coefficient (Wildman–Crippen LogP) is 4.38. The number of para-hydroxylation sites is 1. The summed E-state index contributed by atoms with van der Waals surface area (Å²) < 4.78 is 0. The van der Waals surface area contributed by atoms with Crippen LogP contribution in [0.1, 0.15) is 23.2 Å². The third-order valence-electron chi connectivity index (χ3n) is 4.39. The number of aryl methyl sites for hydroxylation is 2. The summed E-state index contributed by atoms with van der Waals surface area (Å²) in [6.45, 7) is 0. The molecule has 1 N–H and O–H groups in total. The highest BCUT2D eigenvalue weighted by atomic mass is 16.1. The largest absolute Gasteiger partial charge is 0.323 e. The van der Waals surface area contributed by atoms with Crippen molar-refractivity contribution in [2.75, 3.05) is 5.32 Å². The lowest BCUT2D eigenvalue weighted by Gasteiger charge is -2.05. The Morgan fingerprint density at radius 1 is 1.00 bits per heavy atom. The molecule has 0 fully saturated rings. The SMILES string of the molecule is O=C(/C=C/c1ccc2ccccc2n1)Nc1ccc2c(c1)CCC2. The van der Waals surface area contributed by atoms with Gasteiger partial charge in [0.25, 0.3) is 0 Å². The molecule has 0 aliphatic heterocycles. The summed E-state index contributed by atoms with van der Waals surface area (Å²) in [6.07, 6.45) is 6.74. The van der Waals surface area contributed by atoms with E-state index in [1.165, 1.54) is 23.6 Å². The summed E-state index contributed by atoms with van der Waals surface area (Å²) in [4.78, 5) is 16.7. The van der Waals surface area contributed by atoms with Crippen LogP contribution in [0.5, 0.6) is 0 Å². The number of aromatic nitrogens is 1. The molecule has 24 heavy (non-hydrogen) atoms. The first-order valence-electron chi connectivity index (χ1n) is 8.25. The zero-order valence-corrected chi connectivity index (χ0v) is 13.3. The molecule has 0 unspecified atom stereocenters. The van der Waals surface area contributed by atoms with Gasteiger partial charge in [-0.25, -0.2) is 4.98 Å². The van der Waals surface area contributed by atoms with Crippen molar-refractivity contribution in [2.24, 2.45) is 0 Å². The van der Waals surface area contributed by atoms with Crippen LogP contribution in [-0.2, 0) is 17.6 Å². The lowest BCUT2D eigenvalue weighted by Crippen LogP contribution is -2.08. The van der Waals surface area contributed by atoms with E-state index in [1.54, 1.807) is 6.08 Å². The van der Waals surface area contributed by atoms with Crippen LogP contribution in [0.25, 0.3) is 17.0 Å². The molecule has 4 rings (SSSR count). The van der Waals surface area contributed by atoms with Crippen LogP contribution >= 0.6 is 0 Å². The van der Waals surface area contributed by atoms with E-state index in [-0.39, 0.29) is 5.91 Å². The molecule has 1 heterocycles. The van der Waals surface area contributed by atoms with Crippen LogP contribution in [0, 0.1) is 0 Å². The Balaban J connectivity index is 1.47. The van der Waals surface area contributed by atoms with Crippen LogP contribution in [0.4, 0.5) is 5.69 Å². The van der Waals surface area contributed by atoms with Crippen molar-refractivity contribution in [1.82, 2.24) is 4.98 Å². The fourth-order valence-electron chi connectivity index (χ4n) is 3.17. The number of carbonyl (C=O) groups is 1. The maximum atomic E-state index is 12.1. The second-order valence-electron chi connectivity index (χ2n) is 6.09. The monoisotopic (exact) mass is 314 g/mol. The molecule has 0 atom stereocenters. The molecule has 1 aromatic heterocycles. The number of carbonyl (C=O) groups excluding carboxylic acids is 1. The molecule has 0 spiro atoms. The second-order valence-corrected chi connectivity index (χ2v) is 6.09. The molecule has 3 heteroatoms. The molecule has 2 aromatic carbocycles. The highest BCUT2D eigenvalue weighted by Crippen LogP contribution is 2.24. The van der Waals surface area contributed by atoms with Gasteiger partial charge in [-0.3, -0.25) is 4.79 Å². The summed E-state index contributed by atoms with van der Waals surface area (Å²) in [7, 11) is 0. The zero-order valence-electron chi connectivity index (χ0n) is 13.3. The van der Waals surface area contributed by atoms with Crippen LogP contribution in [0.2, 0.25) is 0 Å². The van der Waals surface area contributed by atoms with Crippen molar-refractivity contribution < 1.29 is 4.79 Å².